The lowest BCUT2D eigenvalue weighted by atomic mass is 10.2. The summed E-state index contributed by atoms with van der Waals surface area (Å²) in [5.41, 5.74) is 0.715. The van der Waals surface area contributed by atoms with Crippen LogP contribution in [0, 0.1) is 12.3 Å². The van der Waals surface area contributed by atoms with Crippen molar-refractivity contribution in [3.05, 3.63) is 36.1 Å². The van der Waals surface area contributed by atoms with Crippen LogP contribution in [0.1, 0.15) is 17.5 Å². The molecule has 2 aromatic rings. The number of amides is 1. The van der Waals surface area contributed by atoms with Crippen LogP contribution in [0.25, 0.3) is 11.0 Å². The molecule has 0 N–H and O–H groups in total. The summed E-state index contributed by atoms with van der Waals surface area (Å²) in [6, 6.07) is 9.28. The zero-order valence-electron chi connectivity index (χ0n) is 9.64. The Hall–Kier alpha value is -2.21. The molecule has 0 aliphatic carbocycles. The van der Waals surface area contributed by atoms with Crippen molar-refractivity contribution in [2.75, 3.05) is 13.1 Å². The first-order chi connectivity index (χ1) is 8.26. The smallest absolute Gasteiger partial charge is 0.290 e. The number of carbonyl (C=O) groups excluding carboxylic acids is 1. The van der Waals surface area contributed by atoms with Crippen molar-refractivity contribution in [3.8, 4) is 12.3 Å². The zero-order chi connectivity index (χ0) is 12.3. The molecule has 0 aliphatic heterocycles. The Balaban J connectivity index is 2.33. The third-order valence-corrected chi connectivity index (χ3v) is 2.59. The Kier molecular flexibility index (Phi) is 3.15. The lowest BCUT2D eigenvalue weighted by Gasteiger charge is -2.15. The number of para-hydroxylation sites is 1. The highest BCUT2D eigenvalue weighted by atomic mass is 16.3. The number of carbonyl (C=O) groups is 1. The predicted molar refractivity (Wildman–Crippen MR) is 66.6 cm³/mol. The zero-order valence-corrected chi connectivity index (χ0v) is 9.64. The SMILES string of the molecule is C#CCN(CC)C(=O)c1cc2ccccc2o1. The molecular formula is C14H13NO2. The van der Waals surface area contributed by atoms with Crippen molar-refractivity contribution >= 4 is 16.9 Å². The van der Waals surface area contributed by atoms with E-state index in [1.54, 1.807) is 11.0 Å². The van der Waals surface area contributed by atoms with E-state index >= 15 is 0 Å². The summed E-state index contributed by atoms with van der Waals surface area (Å²) < 4.78 is 5.50. The van der Waals surface area contributed by atoms with E-state index in [4.69, 9.17) is 10.8 Å². The number of terminal acetylenes is 1. The van der Waals surface area contributed by atoms with Gasteiger partial charge in [-0.2, -0.15) is 0 Å². The van der Waals surface area contributed by atoms with Crippen LogP contribution < -0.4 is 0 Å². The van der Waals surface area contributed by atoms with Crippen LogP contribution in [-0.2, 0) is 0 Å². The van der Waals surface area contributed by atoms with Crippen molar-refractivity contribution < 1.29 is 9.21 Å². The van der Waals surface area contributed by atoms with E-state index in [0.717, 1.165) is 5.39 Å². The quantitative estimate of drug-likeness (QED) is 0.755. The van der Waals surface area contributed by atoms with Gasteiger partial charge >= 0.3 is 0 Å². The molecule has 1 aromatic heterocycles. The maximum absolute atomic E-state index is 12.1. The number of rotatable bonds is 3. The molecule has 0 atom stereocenters. The fourth-order valence-electron chi connectivity index (χ4n) is 1.68. The molecule has 3 nitrogen and oxygen atoms in total. The molecule has 0 saturated heterocycles. The van der Waals surface area contributed by atoms with E-state index in [1.165, 1.54) is 0 Å². The molecule has 1 aromatic carbocycles. The minimum Gasteiger partial charge on any atom is -0.451 e. The second kappa shape index (κ2) is 4.75. The number of benzene rings is 1. The number of hydrogen-bond donors (Lipinski definition) is 0. The minimum absolute atomic E-state index is 0.165. The highest BCUT2D eigenvalue weighted by Gasteiger charge is 2.17. The summed E-state index contributed by atoms with van der Waals surface area (Å²) >= 11 is 0. The van der Waals surface area contributed by atoms with E-state index in [9.17, 15) is 4.79 Å². The van der Waals surface area contributed by atoms with Crippen molar-refractivity contribution in [1.82, 2.24) is 4.90 Å². The average molecular weight is 227 g/mol. The van der Waals surface area contributed by atoms with Gasteiger partial charge in [0.15, 0.2) is 5.76 Å². The summed E-state index contributed by atoms with van der Waals surface area (Å²) in [4.78, 5) is 13.6. The summed E-state index contributed by atoms with van der Waals surface area (Å²) in [5.74, 6) is 2.64. The Bertz CT molecular complexity index is 544. The average Bonchev–Trinajstić information content (AvgIpc) is 2.78. The maximum Gasteiger partial charge on any atom is 0.290 e. The second-order valence-corrected chi connectivity index (χ2v) is 3.67. The van der Waals surface area contributed by atoms with Gasteiger partial charge in [-0.15, -0.1) is 6.42 Å². The van der Waals surface area contributed by atoms with Crippen LogP contribution in [-0.4, -0.2) is 23.9 Å². The van der Waals surface area contributed by atoms with Gasteiger partial charge in [-0.3, -0.25) is 4.79 Å². The predicted octanol–water partition coefficient (Wildman–Crippen LogP) is 2.53. The standard InChI is InChI=1S/C14H13NO2/c1-3-9-15(4-2)14(16)13-10-11-7-5-6-8-12(11)17-13/h1,5-8,10H,4,9H2,2H3. The molecule has 17 heavy (non-hydrogen) atoms. The van der Waals surface area contributed by atoms with Gasteiger partial charge in [-0.1, -0.05) is 24.1 Å². The number of hydrogen-bond acceptors (Lipinski definition) is 2. The monoisotopic (exact) mass is 227 g/mol. The van der Waals surface area contributed by atoms with Gasteiger partial charge in [0.2, 0.25) is 0 Å². The lowest BCUT2D eigenvalue weighted by Crippen LogP contribution is -2.30. The van der Waals surface area contributed by atoms with Gasteiger partial charge < -0.3 is 9.32 Å². The molecule has 0 fully saturated rings. The van der Waals surface area contributed by atoms with E-state index in [2.05, 4.69) is 5.92 Å². The fourth-order valence-corrected chi connectivity index (χ4v) is 1.68. The van der Waals surface area contributed by atoms with Gasteiger partial charge in [-0.25, -0.2) is 0 Å². The van der Waals surface area contributed by atoms with Crippen LogP contribution in [0.4, 0.5) is 0 Å². The summed E-state index contributed by atoms with van der Waals surface area (Å²) in [7, 11) is 0. The van der Waals surface area contributed by atoms with Gasteiger partial charge in [0.05, 0.1) is 6.54 Å². The van der Waals surface area contributed by atoms with Crippen LogP contribution >= 0.6 is 0 Å². The third kappa shape index (κ3) is 2.16. The van der Waals surface area contributed by atoms with Crippen LogP contribution in [0.15, 0.2) is 34.7 Å². The first-order valence-corrected chi connectivity index (χ1v) is 5.47. The second-order valence-electron chi connectivity index (χ2n) is 3.67. The first kappa shape index (κ1) is 11.3. The summed E-state index contributed by atoms with van der Waals surface area (Å²) in [6.45, 7) is 2.75. The molecule has 0 saturated carbocycles. The molecule has 3 heteroatoms. The van der Waals surface area contributed by atoms with E-state index in [0.29, 0.717) is 24.4 Å². The summed E-state index contributed by atoms with van der Waals surface area (Å²) in [5, 5.41) is 0.924. The van der Waals surface area contributed by atoms with Crippen molar-refractivity contribution in [2.45, 2.75) is 6.92 Å². The molecule has 1 amide bonds. The molecule has 2 rings (SSSR count). The van der Waals surface area contributed by atoms with E-state index in [1.807, 2.05) is 31.2 Å². The lowest BCUT2D eigenvalue weighted by molar-refractivity contribution is 0.0755. The Morgan fingerprint density at radius 2 is 2.24 bits per heavy atom. The molecule has 0 bridgehead atoms. The number of furan rings is 1. The van der Waals surface area contributed by atoms with Gasteiger partial charge in [0.25, 0.3) is 5.91 Å². The fraction of sp³-hybridized carbons (Fsp3) is 0.214. The summed E-state index contributed by atoms with van der Waals surface area (Å²) in [6.07, 6.45) is 5.22. The highest BCUT2D eigenvalue weighted by Crippen LogP contribution is 2.19. The van der Waals surface area contributed by atoms with Crippen molar-refractivity contribution in [1.29, 1.82) is 0 Å². The molecule has 86 valence electrons. The normalized spacial score (nSPS) is 10.1. The highest BCUT2D eigenvalue weighted by molar-refractivity contribution is 5.96. The molecule has 0 spiro atoms. The molecule has 0 aliphatic rings. The molecular weight excluding hydrogens is 214 g/mol. The van der Waals surface area contributed by atoms with Crippen molar-refractivity contribution in [3.63, 3.8) is 0 Å². The van der Waals surface area contributed by atoms with Crippen molar-refractivity contribution in [2.24, 2.45) is 0 Å². The van der Waals surface area contributed by atoms with E-state index < -0.39 is 0 Å². The Labute approximate surface area is 100 Å². The van der Waals surface area contributed by atoms with Crippen LogP contribution in [0.3, 0.4) is 0 Å². The maximum atomic E-state index is 12.1. The molecule has 0 radical (unpaired) electrons. The molecule has 1 heterocycles. The largest absolute Gasteiger partial charge is 0.451 e. The number of fused-ring (bicyclic) bond motifs is 1. The van der Waals surface area contributed by atoms with Crippen LogP contribution in [0.5, 0.6) is 0 Å². The van der Waals surface area contributed by atoms with E-state index in [-0.39, 0.29) is 5.91 Å². The van der Waals surface area contributed by atoms with Gasteiger partial charge in [0.1, 0.15) is 5.58 Å². The molecule has 0 unspecified atom stereocenters. The number of nitrogens with zero attached hydrogens (tertiary/aromatic N) is 1. The minimum atomic E-state index is -0.165. The Morgan fingerprint density at radius 1 is 1.47 bits per heavy atom. The van der Waals surface area contributed by atoms with Gasteiger partial charge in [0, 0.05) is 11.9 Å². The van der Waals surface area contributed by atoms with Crippen LogP contribution in [0.2, 0.25) is 0 Å². The Morgan fingerprint density at radius 3 is 2.88 bits per heavy atom. The van der Waals surface area contributed by atoms with Gasteiger partial charge in [-0.05, 0) is 19.1 Å². The topological polar surface area (TPSA) is 33.5 Å². The third-order valence-electron chi connectivity index (χ3n) is 2.59. The first-order valence-electron chi connectivity index (χ1n) is 5.47.